The number of nitrogens with zero attached hydrogens (tertiary/aromatic N) is 1. The third kappa shape index (κ3) is 5.63. The van der Waals surface area contributed by atoms with Crippen LogP contribution in [0.5, 0.6) is 5.75 Å². The topological polar surface area (TPSA) is 70.7 Å². The van der Waals surface area contributed by atoms with Gasteiger partial charge in [0.05, 0.1) is 0 Å². The zero-order chi connectivity index (χ0) is 19.9. The number of likely N-dealkylation sites (tertiary alicyclic amines) is 1. The van der Waals surface area contributed by atoms with Crippen molar-refractivity contribution in [2.75, 3.05) is 25.0 Å². The Kier molecular flexibility index (Phi) is 6.76. The Morgan fingerprint density at radius 3 is 2.54 bits per heavy atom. The summed E-state index contributed by atoms with van der Waals surface area (Å²) in [5.41, 5.74) is 1.66. The highest BCUT2D eigenvalue weighted by Crippen LogP contribution is 2.21. The maximum atomic E-state index is 12.3. The Hall–Kier alpha value is -2.73. The number of hydrogen-bond donors (Lipinski definition) is 2. The highest BCUT2D eigenvalue weighted by atomic mass is 35.5. The lowest BCUT2D eigenvalue weighted by Gasteiger charge is -2.32. The average molecular weight is 402 g/mol. The number of carbonyl (C=O) groups excluding carboxylic acids is 2. The molecule has 0 spiro atoms. The van der Waals surface area contributed by atoms with Gasteiger partial charge in [0.25, 0.3) is 5.91 Å². The first kappa shape index (κ1) is 20.0. The molecule has 0 saturated carbocycles. The van der Waals surface area contributed by atoms with Crippen LogP contribution in [0.2, 0.25) is 5.02 Å². The van der Waals surface area contributed by atoms with E-state index >= 15 is 0 Å². The molecule has 0 radical (unpaired) electrons. The van der Waals surface area contributed by atoms with Crippen LogP contribution in [0.15, 0.2) is 48.5 Å². The molecule has 0 bridgehead atoms. The van der Waals surface area contributed by atoms with Gasteiger partial charge in [-0.05, 0) is 55.7 Å². The number of rotatable bonds is 5. The standard InChI is InChI=1S/C21H24ClN3O3/c1-15-13-16(22)7-8-19(15)28-14-20(26)23-18-9-11-25(12-10-18)21(27)24-17-5-3-2-4-6-17/h2-8,13,18H,9-12,14H2,1H3,(H,23,26)(H,24,27). The number of amides is 3. The Bertz CT molecular complexity index is 821. The van der Waals surface area contributed by atoms with E-state index in [1.807, 2.05) is 37.3 Å². The summed E-state index contributed by atoms with van der Waals surface area (Å²) in [4.78, 5) is 26.2. The number of ether oxygens (including phenoxy) is 1. The molecule has 2 aromatic carbocycles. The van der Waals surface area contributed by atoms with Gasteiger partial charge in [-0.2, -0.15) is 0 Å². The first-order valence-electron chi connectivity index (χ1n) is 9.30. The summed E-state index contributed by atoms with van der Waals surface area (Å²) < 4.78 is 5.58. The van der Waals surface area contributed by atoms with Crippen molar-refractivity contribution in [1.29, 1.82) is 0 Å². The molecule has 148 valence electrons. The molecule has 1 aliphatic rings. The van der Waals surface area contributed by atoms with Gasteiger partial charge in [0.1, 0.15) is 5.75 Å². The molecule has 0 unspecified atom stereocenters. The second-order valence-corrected chi connectivity index (χ2v) is 7.26. The maximum absolute atomic E-state index is 12.3. The van der Waals surface area contributed by atoms with Gasteiger partial charge in [0.15, 0.2) is 6.61 Å². The lowest BCUT2D eigenvalue weighted by molar-refractivity contribution is -0.124. The summed E-state index contributed by atoms with van der Waals surface area (Å²) >= 11 is 5.92. The normalized spacial score (nSPS) is 14.4. The monoisotopic (exact) mass is 401 g/mol. The summed E-state index contributed by atoms with van der Waals surface area (Å²) in [6, 6.07) is 14.6. The second-order valence-electron chi connectivity index (χ2n) is 6.82. The van der Waals surface area contributed by atoms with Crippen molar-refractivity contribution < 1.29 is 14.3 Å². The van der Waals surface area contributed by atoms with Crippen LogP contribution in [0.1, 0.15) is 18.4 Å². The fourth-order valence-electron chi connectivity index (χ4n) is 3.14. The van der Waals surface area contributed by atoms with E-state index in [1.165, 1.54) is 0 Å². The molecule has 28 heavy (non-hydrogen) atoms. The van der Waals surface area contributed by atoms with Crippen LogP contribution >= 0.6 is 11.6 Å². The fraction of sp³-hybridized carbons (Fsp3) is 0.333. The van der Waals surface area contributed by atoms with Crippen molar-refractivity contribution in [3.05, 3.63) is 59.1 Å². The highest BCUT2D eigenvalue weighted by molar-refractivity contribution is 6.30. The number of hydrogen-bond acceptors (Lipinski definition) is 3. The maximum Gasteiger partial charge on any atom is 0.321 e. The van der Waals surface area contributed by atoms with E-state index in [0.717, 1.165) is 11.3 Å². The minimum atomic E-state index is -0.165. The summed E-state index contributed by atoms with van der Waals surface area (Å²) in [7, 11) is 0. The van der Waals surface area contributed by atoms with Gasteiger partial charge in [-0.1, -0.05) is 29.8 Å². The SMILES string of the molecule is Cc1cc(Cl)ccc1OCC(=O)NC1CCN(C(=O)Nc2ccccc2)CC1. The quantitative estimate of drug-likeness (QED) is 0.799. The molecule has 2 N–H and O–H groups in total. The number of nitrogens with one attached hydrogen (secondary N) is 2. The molecule has 2 aromatic rings. The number of urea groups is 1. The Morgan fingerprint density at radius 2 is 1.86 bits per heavy atom. The summed E-state index contributed by atoms with van der Waals surface area (Å²) in [5.74, 6) is 0.480. The van der Waals surface area contributed by atoms with Gasteiger partial charge in [0, 0.05) is 29.8 Å². The van der Waals surface area contributed by atoms with Crippen LogP contribution in [0.3, 0.4) is 0 Å². The second kappa shape index (κ2) is 9.46. The predicted molar refractivity (Wildman–Crippen MR) is 110 cm³/mol. The number of aryl methyl sites for hydroxylation is 1. The zero-order valence-electron chi connectivity index (χ0n) is 15.8. The van der Waals surface area contributed by atoms with E-state index < -0.39 is 0 Å². The molecule has 3 amide bonds. The van der Waals surface area contributed by atoms with E-state index in [1.54, 1.807) is 23.1 Å². The smallest absolute Gasteiger partial charge is 0.321 e. The van der Waals surface area contributed by atoms with E-state index in [4.69, 9.17) is 16.3 Å². The molecular weight excluding hydrogens is 378 g/mol. The number of carbonyl (C=O) groups is 2. The largest absolute Gasteiger partial charge is 0.484 e. The third-order valence-electron chi connectivity index (χ3n) is 4.67. The number of benzene rings is 2. The molecule has 3 rings (SSSR count). The fourth-order valence-corrected chi connectivity index (χ4v) is 3.36. The van der Waals surface area contributed by atoms with E-state index in [2.05, 4.69) is 10.6 Å². The van der Waals surface area contributed by atoms with Crippen LogP contribution < -0.4 is 15.4 Å². The van der Waals surface area contributed by atoms with Gasteiger partial charge in [-0.3, -0.25) is 4.79 Å². The Labute approximate surface area is 169 Å². The lowest BCUT2D eigenvalue weighted by Crippen LogP contribution is -2.48. The van der Waals surface area contributed by atoms with Crippen molar-refractivity contribution in [1.82, 2.24) is 10.2 Å². The first-order valence-corrected chi connectivity index (χ1v) is 9.68. The van der Waals surface area contributed by atoms with Crippen LogP contribution in [-0.4, -0.2) is 42.6 Å². The van der Waals surface area contributed by atoms with Gasteiger partial charge < -0.3 is 20.3 Å². The van der Waals surface area contributed by atoms with Crippen molar-refractivity contribution >= 4 is 29.2 Å². The third-order valence-corrected chi connectivity index (χ3v) is 4.90. The molecule has 1 fully saturated rings. The number of anilines is 1. The molecule has 1 aliphatic heterocycles. The minimum absolute atomic E-state index is 0.0445. The van der Waals surface area contributed by atoms with E-state index in [-0.39, 0.29) is 24.6 Å². The van der Waals surface area contributed by atoms with Gasteiger partial charge >= 0.3 is 6.03 Å². The number of halogens is 1. The lowest BCUT2D eigenvalue weighted by atomic mass is 10.1. The summed E-state index contributed by atoms with van der Waals surface area (Å²) in [5, 5.41) is 6.50. The molecule has 0 atom stereocenters. The van der Waals surface area contributed by atoms with Crippen LogP contribution in [0.25, 0.3) is 0 Å². The molecule has 6 nitrogen and oxygen atoms in total. The van der Waals surface area contributed by atoms with Crippen molar-refractivity contribution in [3.63, 3.8) is 0 Å². The number of para-hydroxylation sites is 1. The number of piperidine rings is 1. The summed E-state index contributed by atoms with van der Waals surface area (Å²) in [6.07, 6.45) is 1.43. The first-order chi connectivity index (χ1) is 13.5. The van der Waals surface area contributed by atoms with Gasteiger partial charge in [-0.25, -0.2) is 4.79 Å². The van der Waals surface area contributed by atoms with Crippen LogP contribution in [0, 0.1) is 6.92 Å². The molecule has 7 heteroatoms. The Morgan fingerprint density at radius 1 is 1.14 bits per heavy atom. The molecule has 1 heterocycles. The van der Waals surface area contributed by atoms with Crippen molar-refractivity contribution in [3.8, 4) is 5.75 Å². The van der Waals surface area contributed by atoms with E-state index in [0.29, 0.717) is 36.7 Å². The minimum Gasteiger partial charge on any atom is -0.484 e. The molecule has 0 aliphatic carbocycles. The van der Waals surface area contributed by atoms with E-state index in [9.17, 15) is 9.59 Å². The molecular formula is C21H24ClN3O3. The molecule has 0 aromatic heterocycles. The average Bonchev–Trinajstić information content (AvgIpc) is 2.68. The van der Waals surface area contributed by atoms with Crippen molar-refractivity contribution in [2.45, 2.75) is 25.8 Å². The van der Waals surface area contributed by atoms with Gasteiger partial charge in [-0.15, -0.1) is 0 Å². The summed E-state index contributed by atoms with van der Waals surface area (Å²) in [6.45, 7) is 3.04. The molecule has 1 saturated heterocycles. The Balaban J connectivity index is 1.40. The van der Waals surface area contributed by atoms with Crippen molar-refractivity contribution in [2.24, 2.45) is 0 Å². The van der Waals surface area contributed by atoms with Crippen LogP contribution in [0.4, 0.5) is 10.5 Å². The predicted octanol–water partition coefficient (Wildman–Crippen LogP) is 3.84. The van der Waals surface area contributed by atoms with Gasteiger partial charge in [0.2, 0.25) is 0 Å². The highest BCUT2D eigenvalue weighted by Gasteiger charge is 2.24. The zero-order valence-corrected chi connectivity index (χ0v) is 16.5. The van der Waals surface area contributed by atoms with Crippen LogP contribution in [-0.2, 0) is 4.79 Å².